The van der Waals surface area contributed by atoms with Crippen LogP contribution in [0.15, 0.2) is 29.3 Å². The van der Waals surface area contributed by atoms with Crippen molar-refractivity contribution in [2.75, 3.05) is 0 Å². The van der Waals surface area contributed by atoms with E-state index in [-0.39, 0.29) is 12.8 Å². The number of nitrogens with zero attached hydrogens (tertiary/aromatic N) is 1. The average Bonchev–Trinajstić information content (AvgIpc) is 2.65. The van der Waals surface area contributed by atoms with Gasteiger partial charge in [0, 0.05) is 5.56 Å². The molecule has 4 heteroatoms. The number of hydrogen-bond acceptors (Lipinski definition) is 4. The molecule has 0 aliphatic carbocycles. The summed E-state index contributed by atoms with van der Waals surface area (Å²) in [5.41, 5.74) is 4.60. The fourth-order valence-electron chi connectivity index (χ4n) is 1.28. The summed E-state index contributed by atoms with van der Waals surface area (Å²) >= 11 is 0. The van der Waals surface area contributed by atoms with Crippen molar-refractivity contribution in [1.29, 1.82) is 0 Å². The first kappa shape index (κ1) is 9.18. The predicted octanol–water partition coefficient (Wildman–Crippen LogP) is 0.806. The topological polar surface area (TPSA) is 53.9 Å². The molecule has 2 rings (SSSR count). The quantitative estimate of drug-likeness (QED) is 0.729. The van der Waals surface area contributed by atoms with Crippen LogP contribution < -0.4 is 5.48 Å². The molecule has 0 spiro atoms. The van der Waals surface area contributed by atoms with Crippen molar-refractivity contribution in [3.8, 4) is 0 Å². The maximum atomic E-state index is 8.87. The van der Waals surface area contributed by atoms with Crippen molar-refractivity contribution < 1.29 is 9.94 Å². The highest BCUT2D eigenvalue weighted by atomic mass is 16.7. The minimum Gasteiger partial charge on any atom is -0.392 e. The number of benzene rings is 1. The van der Waals surface area contributed by atoms with Crippen LogP contribution in [0.1, 0.15) is 18.1 Å². The lowest BCUT2D eigenvalue weighted by Gasteiger charge is -2.01. The fourth-order valence-corrected chi connectivity index (χ4v) is 1.28. The fraction of sp³-hybridized carbons (Fsp3) is 0.300. The normalized spacial score (nSPS) is 20.4. The van der Waals surface area contributed by atoms with Gasteiger partial charge in [0.25, 0.3) is 0 Å². The molecule has 0 amide bonds. The molecular weight excluding hydrogens is 180 g/mol. The highest BCUT2D eigenvalue weighted by Gasteiger charge is 2.13. The molecule has 1 aromatic rings. The smallest absolute Gasteiger partial charge is 0.174 e. The van der Waals surface area contributed by atoms with Gasteiger partial charge in [-0.15, -0.1) is 0 Å². The second kappa shape index (κ2) is 3.77. The summed E-state index contributed by atoms with van der Waals surface area (Å²) in [7, 11) is 0. The second-order valence-electron chi connectivity index (χ2n) is 3.15. The first-order chi connectivity index (χ1) is 6.79. The molecule has 1 aliphatic heterocycles. The number of nitrogens with one attached hydrogen (secondary N) is 1. The number of aliphatic imine (C=N–C) groups is 1. The van der Waals surface area contributed by atoms with Gasteiger partial charge in [-0.1, -0.05) is 24.3 Å². The SMILES string of the molecule is CC1N=C(c2ccc(CO)cc2)NO1. The van der Waals surface area contributed by atoms with E-state index in [0.717, 1.165) is 17.0 Å². The monoisotopic (exact) mass is 192 g/mol. The van der Waals surface area contributed by atoms with Gasteiger partial charge in [0.05, 0.1) is 6.61 Å². The molecule has 2 N–H and O–H groups in total. The number of aliphatic hydroxyl groups excluding tert-OH is 1. The van der Waals surface area contributed by atoms with E-state index in [0.29, 0.717) is 0 Å². The molecule has 0 bridgehead atoms. The number of aliphatic hydroxyl groups is 1. The zero-order valence-corrected chi connectivity index (χ0v) is 7.90. The summed E-state index contributed by atoms with van der Waals surface area (Å²) in [6, 6.07) is 7.53. The molecule has 0 aromatic heterocycles. The molecule has 0 saturated heterocycles. The number of rotatable bonds is 2. The van der Waals surface area contributed by atoms with Crippen LogP contribution in [0.2, 0.25) is 0 Å². The molecule has 4 nitrogen and oxygen atoms in total. The van der Waals surface area contributed by atoms with Gasteiger partial charge in [0.15, 0.2) is 12.1 Å². The average molecular weight is 192 g/mol. The summed E-state index contributed by atoms with van der Waals surface area (Å²) in [5.74, 6) is 0.738. The molecule has 0 saturated carbocycles. The first-order valence-electron chi connectivity index (χ1n) is 4.49. The molecule has 1 atom stereocenters. The third-order valence-corrected chi connectivity index (χ3v) is 2.05. The lowest BCUT2D eigenvalue weighted by atomic mass is 10.1. The Morgan fingerprint density at radius 2 is 2.14 bits per heavy atom. The zero-order valence-electron chi connectivity index (χ0n) is 7.90. The van der Waals surface area contributed by atoms with Crippen molar-refractivity contribution in [3.63, 3.8) is 0 Å². The number of hydroxylamine groups is 1. The Hall–Kier alpha value is -1.39. The van der Waals surface area contributed by atoms with E-state index in [1.165, 1.54) is 0 Å². The summed E-state index contributed by atoms with van der Waals surface area (Å²) in [4.78, 5) is 9.31. The minimum atomic E-state index is -0.137. The van der Waals surface area contributed by atoms with Gasteiger partial charge in [0.2, 0.25) is 0 Å². The van der Waals surface area contributed by atoms with Crippen LogP contribution >= 0.6 is 0 Å². The molecule has 1 unspecified atom stereocenters. The van der Waals surface area contributed by atoms with E-state index in [2.05, 4.69) is 10.5 Å². The first-order valence-corrected chi connectivity index (χ1v) is 4.49. The summed E-state index contributed by atoms with van der Waals surface area (Å²) in [5, 5.41) is 8.87. The van der Waals surface area contributed by atoms with Crippen LogP contribution in [0.5, 0.6) is 0 Å². The van der Waals surface area contributed by atoms with Gasteiger partial charge >= 0.3 is 0 Å². The molecule has 0 radical (unpaired) electrons. The summed E-state index contributed by atoms with van der Waals surface area (Å²) in [6.45, 7) is 1.93. The van der Waals surface area contributed by atoms with Crippen molar-refractivity contribution in [2.24, 2.45) is 4.99 Å². The zero-order chi connectivity index (χ0) is 9.97. The van der Waals surface area contributed by atoms with Crippen molar-refractivity contribution in [2.45, 2.75) is 19.8 Å². The standard InChI is InChI=1S/C10H12N2O2/c1-7-11-10(12-14-7)9-4-2-8(6-13)3-5-9/h2-5,7,13H,6H2,1H3,(H,11,12). The van der Waals surface area contributed by atoms with E-state index in [9.17, 15) is 0 Å². The maximum absolute atomic E-state index is 8.87. The van der Waals surface area contributed by atoms with Crippen molar-refractivity contribution in [1.82, 2.24) is 5.48 Å². The predicted molar refractivity (Wildman–Crippen MR) is 52.6 cm³/mol. The van der Waals surface area contributed by atoms with Gasteiger partial charge in [-0.3, -0.25) is 0 Å². The van der Waals surface area contributed by atoms with Crippen LogP contribution in [-0.4, -0.2) is 17.2 Å². The van der Waals surface area contributed by atoms with Gasteiger partial charge in [-0.2, -0.15) is 0 Å². The van der Waals surface area contributed by atoms with Crippen LogP contribution in [0.3, 0.4) is 0 Å². The molecule has 1 aliphatic rings. The van der Waals surface area contributed by atoms with Crippen molar-refractivity contribution in [3.05, 3.63) is 35.4 Å². The minimum absolute atomic E-state index is 0.0626. The van der Waals surface area contributed by atoms with E-state index in [4.69, 9.17) is 9.94 Å². The Morgan fingerprint density at radius 1 is 1.43 bits per heavy atom. The Kier molecular flexibility index (Phi) is 2.47. The molecule has 0 fully saturated rings. The molecule has 74 valence electrons. The Labute approximate surface area is 82.2 Å². The highest BCUT2D eigenvalue weighted by molar-refractivity contribution is 5.98. The number of hydrogen-bond donors (Lipinski definition) is 2. The molecule has 1 heterocycles. The maximum Gasteiger partial charge on any atom is 0.174 e. The van der Waals surface area contributed by atoms with E-state index < -0.39 is 0 Å². The van der Waals surface area contributed by atoms with E-state index in [1.54, 1.807) is 0 Å². The Bertz CT molecular complexity index is 346. The van der Waals surface area contributed by atoms with Crippen LogP contribution in [-0.2, 0) is 11.4 Å². The number of amidine groups is 1. The van der Waals surface area contributed by atoms with E-state index in [1.807, 2.05) is 31.2 Å². The van der Waals surface area contributed by atoms with Gasteiger partial charge in [-0.25, -0.2) is 15.3 Å². The molecule has 1 aromatic carbocycles. The van der Waals surface area contributed by atoms with Gasteiger partial charge in [-0.05, 0) is 12.5 Å². The van der Waals surface area contributed by atoms with Gasteiger partial charge in [0.1, 0.15) is 0 Å². The Morgan fingerprint density at radius 3 is 2.64 bits per heavy atom. The lowest BCUT2D eigenvalue weighted by molar-refractivity contribution is 0.0504. The third-order valence-electron chi connectivity index (χ3n) is 2.05. The largest absolute Gasteiger partial charge is 0.392 e. The summed E-state index contributed by atoms with van der Waals surface area (Å²) in [6.07, 6.45) is -0.137. The van der Waals surface area contributed by atoms with Crippen LogP contribution in [0.4, 0.5) is 0 Å². The van der Waals surface area contributed by atoms with Gasteiger partial charge < -0.3 is 5.11 Å². The van der Waals surface area contributed by atoms with Crippen LogP contribution in [0, 0.1) is 0 Å². The second-order valence-corrected chi connectivity index (χ2v) is 3.15. The van der Waals surface area contributed by atoms with Crippen molar-refractivity contribution >= 4 is 5.84 Å². The Balaban J connectivity index is 2.21. The molecular formula is C10H12N2O2. The molecule has 14 heavy (non-hydrogen) atoms. The van der Waals surface area contributed by atoms with Crippen LogP contribution in [0.25, 0.3) is 0 Å². The third kappa shape index (κ3) is 1.76. The highest BCUT2D eigenvalue weighted by Crippen LogP contribution is 2.09. The lowest BCUT2D eigenvalue weighted by Crippen LogP contribution is -2.18. The van der Waals surface area contributed by atoms with E-state index >= 15 is 0 Å². The summed E-state index contributed by atoms with van der Waals surface area (Å²) < 4.78 is 0.